The van der Waals surface area contributed by atoms with Crippen molar-refractivity contribution in [2.75, 3.05) is 12.4 Å². The maximum absolute atomic E-state index is 5.18. The summed E-state index contributed by atoms with van der Waals surface area (Å²) in [7, 11) is 1.70. The van der Waals surface area contributed by atoms with Crippen molar-refractivity contribution in [2.45, 2.75) is 31.7 Å². The molecule has 14 heavy (non-hydrogen) atoms. The number of methoxy groups -OCH3 is 1. The number of ether oxygens (including phenoxy) is 1. The van der Waals surface area contributed by atoms with E-state index >= 15 is 0 Å². The quantitative estimate of drug-likeness (QED) is 0.792. The summed E-state index contributed by atoms with van der Waals surface area (Å²) in [5.74, 6) is 0.924. The number of benzene rings is 1. The minimum Gasteiger partial charge on any atom is -0.497 e. The van der Waals surface area contributed by atoms with E-state index in [1.165, 1.54) is 31.4 Å². The second-order valence-corrected chi connectivity index (χ2v) is 3.86. The van der Waals surface area contributed by atoms with Gasteiger partial charge < -0.3 is 10.1 Å². The largest absolute Gasteiger partial charge is 0.497 e. The molecular formula is C12H17NO. The zero-order valence-electron chi connectivity index (χ0n) is 8.62. The summed E-state index contributed by atoms with van der Waals surface area (Å²) >= 11 is 0. The van der Waals surface area contributed by atoms with E-state index < -0.39 is 0 Å². The van der Waals surface area contributed by atoms with Gasteiger partial charge in [-0.2, -0.15) is 0 Å². The Morgan fingerprint density at radius 1 is 1.29 bits per heavy atom. The summed E-state index contributed by atoms with van der Waals surface area (Å²) in [6.07, 6.45) is 5.33. The zero-order valence-corrected chi connectivity index (χ0v) is 8.62. The van der Waals surface area contributed by atoms with E-state index in [9.17, 15) is 0 Å². The maximum atomic E-state index is 5.18. The summed E-state index contributed by atoms with van der Waals surface area (Å²) in [4.78, 5) is 0. The van der Waals surface area contributed by atoms with Gasteiger partial charge in [-0.05, 0) is 25.0 Å². The Balaban J connectivity index is 2.00. The first-order valence-electron chi connectivity index (χ1n) is 5.29. The third kappa shape index (κ3) is 2.19. The molecule has 0 radical (unpaired) electrons. The topological polar surface area (TPSA) is 21.3 Å². The van der Waals surface area contributed by atoms with Crippen LogP contribution in [0.2, 0.25) is 0 Å². The lowest BCUT2D eigenvalue weighted by Gasteiger charge is -2.13. The van der Waals surface area contributed by atoms with Gasteiger partial charge in [-0.15, -0.1) is 0 Å². The molecule has 1 fully saturated rings. The molecule has 2 heteroatoms. The van der Waals surface area contributed by atoms with Gasteiger partial charge in [-0.25, -0.2) is 0 Å². The molecule has 0 atom stereocenters. The molecule has 2 nitrogen and oxygen atoms in total. The Kier molecular flexibility index (Phi) is 2.92. The molecule has 1 N–H and O–H groups in total. The number of rotatable bonds is 3. The molecule has 1 aromatic carbocycles. The van der Waals surface area contributed by atoms with Crippen LogP contribution in [0.5, 0.6) is 5.75 Å². The summed E-state index contributed by atoms with van der Waals surface area (Å²) in [6.45, 7) is 0. The van der Waals surface area contributed by atoms with Crippen LogP contribution >= 0.6 is 0 Å². The van der Waals surface area contributed by atoms with E-state index in [1.54, 1.807) is 7.11 Å². The standard InChI is InChI=1S/C12H17NO/c1-14-12-8-4-7-11(9-12)13-10-5-2-3-6-10/h4,7-10,13H,2-3,5-6H2,1H3. The van der Waals surface area contributed by atoms with Crippen molar-refractivity contribution >= 4 is 5.69 Å². The molecule has 1 aliphatic carbocycles. The lowest BCUT2D eigenvalue weighted by Crippen LogP contribution is -2.14. The summed E-state index contributed by atoms with van der Waals surface area (Å²) in [5.41, 5.74) is 1.18. The van der Waals surface area contributed by atoms with Crippen molar-refractivity contribution in [2.24, 2.45) is 0 Å². The number of nitrogens with one attached hydrogen (secondary N) is 1. The first-order valence-corrected chi connectivity index (χ1v) is 5.29. The molecule has 0 spiro atoms. The van der Waals surface area contributed by atoms with E-state index in [0.717, 1.165) is 5.75 Å². The third-order valence-corrected chi connectivity index (χ3v) is 2.80. The van der Waals surface area contributed by atoms with Crippen LogP contribution in [0.25, 0.3) is 0 Å². The fraction of sp³-hybridized carbons (Fsp3) is 0.500. The lowest BCUT2D eigenvalue weighted by atomic mass is 10.2. The van der Waals surface area contributed by atoms with Gasteiger partial charge in [-0.1, -0.05) is 18.9 Å². The van der Waals surface area contributed by atoms with Crippen molar-refractivity contribution in [1.82, 2.24) is 0 Å². The van der Waals surface area contributed by atoms with Crippen molar-refractivity contribution in [3.63, 3.8) is 0 Å². The van der Waals surface area contributed by atoms with E-state index in [4.69, 9.17) is 4.74 Å². The van der Waals surface area contributed by atoms with Gasteiger partial charge in [0.2, 0.25) is 0 Å². The second-order valence-electron chi connectivity index (χ2n) is 3.86. The average Bonchev–Trinajstić information content (AvgIpc) is 2.71. The van der Waals surface area contributed by atoms with Crippen LogP contribution < -0.4 is 10.1 Å². The molecule has 76 valence electrons. The lowest BCUT2D eigenvalue weighted by molar-refractivity contribution is 0.415. The molecule has 2 rings (SSSR count). The highest BCUT2D eigenvalue weighted by Gasteiger charge is 2.14. The Morgan fingerprint density at radius 2 is 2.07 bits per heavy atom. The molecule has 0 unspecified atom stereocenters. The Hall–Kier alpha value is -1.18. The molecule has 1 aromatic rings. The SMILES string of the molecule is COc1cccc(NC2CCCC2)c1. The normalized spacial score (nSPS) is 16.9. The summed E-state index contributed by atoms with van der Waals surface area (Å²) < 4.78 is 5.18. The van der Waals surface area contributed by atoms with Crippen LogP contribution in [0.3, 0.4) is 0 Å². The smallest absolute Gasteiger partial charge is 0.120 e. The predicted molar refractivity (Wildman–Crippen MR) is 58.9 cm³/mol. The van der Waals surface area contributed by atoms with Gasteiger partial charge in [-0.3, -0.25) is 0 Å². The molecule has 0 saturated heterocycles. The highest BCUT2D eigenvalue weighted by Crippen LogP contribution is 2.24. The van der Waals surface area contributed by atoms with Crippen molar-refractivity contribution in [1.29, 1.82) is 0 Å². The molecule has 0 aliphatic heterocycles. The van der Waals surface area contributed by atoms with Gasteiger partial charge >= 0.3 is 0 Å². The van der Waals surface area contributed by atoms with Crippen molar-refractivity contribution in [3.8, 4) is 5.75 Å². The number of anilines is 1. The highest BCUT2D eigenvalue weighted by atomic mass is 16.5. The van der Waals surface area contributed by atoms with E-state index in [2.05, 4.69) is 17.4 Å². The first-order chi connectivity index (χ1) is 6.88. The minimum atomic E-state index is 0.669. The average molecular weight is 191 g/mol. The predicted octanol–water partition coefficient (Wildman–Crippen LogP) is 3.05. The summed E-state index contributed by atoms with van der Waals surface area (Å²) in [6, 6.07) is 8.82. The van der Waals surface area contributed by atoms with Crippen molar-refractivity contribution < 1.29 is 4.74 Å². The van der Waals surface area contributed by atoms with Crippen LogP contribution in [0.4, 0.5) is 5.69 Å². The second kappa shape index (κ2) is 4.36. The Labute approximate surface area is 85.3 Å². The van der Waals surface area contributed by atoms with E-state index in [1.807, 2.05) is 12.1 Å². The minimum absolute atomic E-state index is 0.669. The molecule has 0 bridgehead atoms. The van der Waals surface area contributed by atoms with Gasteiger partial charge in [0.1, 0.15) is 5.75 Å². The zero-order chi connectivity index (χ0) is 9.80. The van der Waals surface area contributed by atoms with Crippen molar-refractivity contribution in [3.05, 3.63) is 24.3 Å². The molecule has 1 aliphatic rings. The van der Waals surface area contributed by atoms with Crippen LogP contribution in [0, 0.1) is 0 Å². The molecular weight excluding hydrogens is 174 g/mol. The van der Waals surface area contributed by atoms with Gasteiger partial charge in [0.25, 0.3) is 0 Å². The Morgan fingerprint density at radius 3 is 2.79 bits per heavy atom. The van der Waals surface area contributed by atoms with Crippen LogP contribution in [-0.2, 0) is 0 Å². The number of hydrogen-bond acceptors (Lipinski definition) is 2. The van der Waals surface area contributed by atoms with Crippen LogP contribution in [0.15, 0.2) is 24.3 Å². The molecule has 0 amide bonds. The number of hydrogen-bond donors (Lipinski definition) is 1. The summed E-state index contributed by atoms with van der Waals surface area (Å²) in [5, 5.41) is 3.54. The van der Waals surface area contributed by atoms with Gasteiger partial charge in [0.05, 0.1) is 7.11 Å². The first kappa shape index (κ1) is 9.38. The fourth-order valence-electron chi connectivity index (χ4n) is 2.02. The fourth-order valence-corrected chi connectivity index (χ4v) is 2.02. The van der Waals surface area contributed by atoms with Gasteiger partial charge in [0.15, 0.2) is 0 Å². The maximum Gasteiger partial charge on any atom is 0.120 e. The molecule has 0 aromatic heterocycles. The van der Waals surface area contributed by atoms with E-state index in [-0.39, 0.29) is 0 Å². The highest BCUT2D eigenvalue weighted by molar-refractivity contribution is 5.48. The molecule has 0 heterocycles. The van der Waals surface area contributed by atoms with Crippen LogP contribution in [-0.4, -0.2) is 13.2 Å². The van der Waals surface area contributed by atoms with Crippen LogP contribution in [0.1, 0.15) is 25.7 Å². The monoisotopic (exact) mass is 191 g/mol. The van der Waals surface area contributed by atoms with E-state index in [0.29, 0.717) is 6.04 Å². The third-order valence-electron chi connectivity index (χ3n) is 2.80. The molecule has 1 saturated carbocycles. The van der Waals surface area contributed by atoms with Gasteiger partial charge in [0, 0.05) is 17.8 Å². The Bertz CT molecular complexity index is 292.